The molecule has 0 aromatic carbocycles. The summed E-state index contributed by atoms with van der Waals surface area (Å²) in [7, 11) is 1.85. The zero-order chi connectivity index (χ0) is 16.3. The number of nitrogens with zero attached hydrogens (tertiary/aromatic N) is 5. The molecule has 0 atom stereocenters. The van der Waals surface area contributed by atoms with Crippen molar-refractivity contribution in [3.05, 3.63) is 42.5 Å². The van der Waals surface area contributed by atoms with Gasteiger partial charge in [0.05, 0.1) is 23.6 Å². The van der Waals surface area contributed by atoms with E-state index in [9.17, 15) is 4.79 Å². The van der Waals surface area contributed by atoms with Crippen LogP contribution in [0.2, 0.25) is 0 Å². The number of carbonyl (C=O) groups is 1. The van der Waals surface area contributed by atoms with Gasteiger partial charge in [-0.25, -0.2) is 0 Å². The van der Waals surface area contributed by atoms with Gasteiger partial charge in [-0.15, -0.1) is 0 Å². The van der Waals surface area contributed by atoms with Gasteiger partial charge in [-0.1, -0.05) is 13.5 Å². The Kier molecular flexibility index (Phi) is 4.80. The first-order valence-corrected chi connectivity index (χ1v) is 7.46. The van der Waals surface area contributed by atoms with Crippen LogP contribution in [0.4, 0.5) is 5.69 Å². The van der Waals surface area contributed by atoms with Crippen LogP contribution in [-0.4, -0.2) is 25.5 Å². The van der Waals surface area contributed by atoms with E-state index < -0.39 is 0 Å². The first-order chi connectivity index (χ1) is 10.5. The highest BCUT2D eigenvalue weighted by molar-refractivity contribution is 6.01. The average molecular weight is 301 g/mol. The van der Waals surface area contributed by atoms with Crippen LogP contribution >= 0.6 is 0 Å². The van der Waals surface area contributed by atoms with Crippen LogP contribution in [0.1, 0.15) is 38.2 Å². The summed E-state index contributed by atoms with van der Waals surface area (Å²) in [4.78, 5) is 13.9. The second-order valence-electron chi connectivity index (χ2n) is 5.50. The van der Waals surface area contributed by atoms with Gasteiger partial charge >= 0.3 is 0 Å². The van der Waals surface area contributed by atoms with Crippen molar-refractivity contribution in [1.29, 1.82) is 0 Å². The molecule has 0 fully saturated rings. The number of hydrogen-bond acceptors (Lipinski definition) is 3. The molecular weight excluding hydrogens is 278 g/mol. The van der Waals surface area contributed by atoms with E-state index in [0.717, 1.165) is 23.5 Å². The SMILES string of the molecule is C=CC(=O)N(Cc1ccn(C(C)C)n1)c1cn(C)nc1CC. The van der Waals surface area contributed by atoms with Crippen LogP contribution in [0.3, 0.4) is 0 Å². The van der Waals surface area contributed by atoms with Crippen molar-refractivity contribution in [2.75, 3.05) is 4.90 Å². The Morgan fingerprint density at radius 1 is 1.45 bits per heavy atom. The van der Waals surface area contributed by atoms with E-state index in [0.29, 0.717) is 12.6 Å². The van der Waals surface area contributed by atoms with Crippen LogP contribution in [0.25, 0.3) is 0 Å². The van der Waals surface area contributed by atoms with Crippen molar-refractivity contribution in [1.82, 2.24) is 19.6 Å². The third-order valence-corrected chi connectivity index (χ3v) is 3.46. The lowest BCUT2D eigenvalue weighted by Crippen LogP contribution is -2.29. The third-order valence-electron chi connectivity index (χ3n) is 3.46. The Balaban J connectivity index is 2.33. The number of aromatic nitrogens is 4. The van der Waals surface area contributed by atoms with Gasteiger partial charge in [0, 0.05) is 25.5 Å². The molecule has 6 nitrogen and oxygen atoms in total. The van der Waals surface area contributed by atoms with E-state index >= 15 is 0 Å². The molecule has 0 saturated heterocycles. The van der Waals surface area contributed by atoms with Crippen LogP contribution in [-0.2, 0) is 24.8 Å². The van der Waals surface area contributed by atoms with Crippen molar-refractivity contribution in [2.45, 2.75) is 39.8 Å². The Labute approximate surface area is 131 Å². The summed E-state index contributed by atoms with van der Waals surface area (Å²) in [6.07, 6.45) is 5.88. The van der Waals surface area contributed by atoms with E-state index in [1.807, 2.05) is 37.1 Å². The maximum absolute atomic E-state index is 12.3. The largest absolute Gasteiger partial charge is 0.300 e. The van der Waals surface area contributed by atoms with Gasteiger partial charge in [0.2, 0.25) is 0 Å². The number of carbonyl (C=O) groups excluding carboxylic acids is 1. The molecule has 0 spiro atoms. The number of aryl methyl sites for hydroxylation is 2. The molecule has 0 radical (unpaired) electrons. The van der Waals surface area contributed by atoms with E-state index in [-0.39, 0.29) is 5.91 Å². The molecule has 1 amide bonds. The zero-order valence-corrected chi connectivity index (χ0v) is 13.7. The molecule has 2 aromatic rings. The van der Waals surface area contributed by atoms with Gasteiger partial charge in [-0.05, 0) is 32.4 Å². The minimum atomic E-state index is -0.151. The maximum Gasteiger partial charge on any atom is 0.250 e. The number of rotatable bonds is 6. The van der Waals surface area contributed by atoms with Crippen LogP contribution < -0.4 is 4.90 Å². The molecule has 0 unspecified atom stereocenters. The highest BCUT2D eigenvalue weighted by Crippen LogP contribution is 2.22. The lowest BCUT2D eigenvalue weighted by molar-refractivity contribution is -0.114. The Hall–Kier alpha value is -2.37. The molecular formula is C16H23N5O. The van der Waals surface area contributed by atoms with E-state index in [1.54, 1.807) is 9.58 Å². The van der Waals surface area contributed by atoms with Gasteiger partial charge < -0.3 is 0 Å². The standard InChI is InChI=1S/C16H23N5O/c1-6-14-15(11-19(5)18-14)20(16(22)7-2)10-13-8-9-21(17-13)12(3)4/h7-9,11-12H,2,6,10H2,1,3-5H3. The number of amides is 1. The average Bonchev–Trinajstić information content (AvgIpc) is 3.10. The molecule has 118 valence electrons. The van der Waals surface area contributed by atoms with Gasteiger partial charge in [-0.3, -0.25) is 19.1 Å². The van der Waals surface area contributed by atoms with Crippen molar-refractivity contribution in [3.63, 3.8) is 0 Å². The minimum absolute atomic E-state index is 0.151. The fourth-order valence-corrected chi connectivity index (χ4v) is 2.30. The summed E-state index contributed by atoms with van der Waals surface area (Å²) in [5.74, 6) is -0.151. The number of hydrogen-bond donors (Lipinski definition) is 0. The highest BCUT2D eigenvalue weighted by atomic mass is 16.2. The Bertz CT molecular complexity index is 668. The molecule has 22 heavy (non-hydrogen) atoms. The van der Waals surface area contributed by atoms with Gasteiger partial charge in [0.25, 0.3) is 5.91 Å². The maximum atomic E-state index is 12.3. The molecule has 2 aromatic heterocycles. The Morgan fingerprint density at radius 3 is 2.73 bits per heavy atom. The predicted octanol–water partition coefficient (Wildman–Crippen LogP) is 2.48. The second kappa shape index (κ2) is 6.60. The van der Waals surface area contributed by atoms with Crippen LogP contribution in [0.5, 0.6) is 0 Å². The summed E-state index contributed by atoms with van der Waals surface area (Å²) in [6.45, 7) is 10.2. The molecule has 2 heterocycles. The first-order valence-electron chi connectivity index (χ1n) is 7.46. The van der Waals surface area contributed by atoms with Crippen LogP contribution in [0.15, 0.2) is 31.1 Å². The van der Waals surface area contributed by atoms with Crippen molar-refractivity contribution < 1.29 is 4.79 Å². The van der Waals surface area contributed by atoms with Gasteiger partial charge in [0.1, 0.15) is 0 Å². The fraction of sp³-hybridized carbons (Fsp3) is 0.438. The molecule has 0 saturated carbocycles. The fourth-order valence-electron chi connectivity index (χ4n) is 2.30. The molecule has 0 aliphatic rings. The summed E-state index contributed by atoms with van der Waals surface area (Å²) in [6, 6.07) is 2.23. The highest BCUT2D eigenvalue weighted by Gasteiger charge is 2.20. The zero-order valence-electron chi connectivity index (χ0n) is 13.7. The lowest BCUT2D eigenvalue weighted by atomic mass is 10.2. The van der Waals surface area contributed by atoms with Gasteiger partial charge in [0.15, 0.2) is 0 Å². The minimum Gasteiger partial charge on any atom is -0.300 e. The van der Waals surface area contributed by atoms with Crippen molar-refractivity contribution >= 4 is 11.6 Å². The quantitative estimate of drug-likeness (QED) is 0.770. The second-order valence-corrected chi connectivity index (χ2v) is 5.50. The molecule has 0 N–H and O–H groups in total. The molecule has 0 aliphatic carbocycles. The molecule has 0 bridgehead atoms. The van der Waals surface area contributed by atoms with Crippen LogP contribution in [0, 0.1) is 0 Å². The van der Waals surface area contributed by atoms with E-state index in [2.05, 4.69) is 30.6 Å². The topological polar surface area (TPSA) is 56.0 Å². The first kappa shape index (κ1) is 16.0. The predicted molar refractivity (Wildman–Crippen MR) is 86.6 cm³/mol. The summed E-state index contributed by atoms with van der Waals surface area (Å²) >= 11 is 0. The normalized spacial score (nSPS) is 11.0. The summed E-state index contributed by atoms with van der Waals surface area (Å²) < 4.78 is 3.61. The van der Waals surface area contributed by atoms with Gasteiger partial charge in [-0.2, -0.15) is 10.2 Å². The van der Waals surface area contributed by atoms with Crippen molar-refractivity contribution in [3.8, 4) is 0 Å². The monoisotopic (exact) mass is 301 g/mol. The van der Waals surface area contributed by atoms with Crippen molar-refractivity contribution in [2.24, 2.45) is 7.05 Å². The molecule has 2 rings (SSSR count). The number of anilines is 1. The van der Waals surface area contributed by atoms with E-state index in [4.69, 9.17) is 0 Å². The smallest absolute Gasteiger partial charge is 0.250 e. The molecule has 0 aliphatic heterocycles. The summed E-state index contributed by atoms with van der Waals surface area (Å²) in [5, 5.41) is 8.92. The van der Waals surface area contributed by atoms with E-state index in [1.165, 1.54) is 6.08 Å². The lowest BCUT2D eigenvalue weighted by Gasteiger charge is -2.19. The summed E-state index contributed by atoms with van der Waals surface area (Å²) in [5.41, 5.74) is 2.55. The Morgan fingerprint density at radius 2 is 2.18 bits per heavy atom. The molecule has 6 heteroatoms. The third kappa shape index (κ3) is 3.27.